The van der Waals surface area contributed by atoms with Crippen LogP contribution in [0.5, 0.6) is 0 Å². The van der Waals surface area contributed by atoms with E-state index in [9.17, 15) is 13.6 Å². The fourth-order valence-electron chi connectivity index (χ4n) is 1.35. The van der Waals surface area contributed by atoms with E-state index in [1.165, 1.54) is 4.90 Å². The number of alkyl halides is 2. The molecule has 0 heterocycles. The molecule has 0 aliphatic rings. The van der Waals surface area contributed by atoms with Gasteiger partial charge in [0.1, 0.15) is 11.6 Å². The molecule has 0 aromatic heterocycles. The van der Waals surface area contributed by atoms with Crippen molar-refractivity contribution in [3.63, 3.8) is 0 Å². The van der Waals surface area contributed by atoms with E-state index in [1.54, 1.807) is 0 Å². The van der Waals surface area contributed by atoms with Gasteiger partial charge in [0.2, 0.25) is 0 Å². The molecule has 0 N–H and O–H groups in total. The van der Waals surface area contributed by atoms with Crippen molar-refractivity contribution in [1.82, 2.24) is 4.90 Å². The molecular weight excluding hydrogens is 271 g/mol. The first-order chi connectivity index (χ1) is 8.10. The van der Waals surface area contributed by atoms with Gasteiger partial charge >= 0.3 is 0 Å². The lowest BCUT2D eigenvalue weighted by atomic mass is 10.2. The predicted molar refractivity (Wildman–Crippen MR) is 63.7 cm³/mol. The van der Waals surface area contributed by atoms with Crippen molar-refractivity contribution in [3.05, 3.63) is 35.4 Å². The van der Waals surface area contributed by atoms with E-state index in [4.69, 9.17) is 23.2 Å². The van der Waals surface area contributed by atoms with E-state index in [0.29, 0.717) is 0 Å². The van der Waals surface area contributed by atoms with Crippen LogP contribution in [0, 0.1) is 11.6 Å². The molecule has 0 bridgehead atoms. The highest BCUT2D eigenvalue weighted by Gasteiger charge is 2.19. The van der Waals surface area contributed by atoms with Crippen LogP contribution in [-0.4, -0.2) is 35.7 Å². The minimum Gasteiger partial charge on any atom is -0.336 e. The lowest BCUT2D eigenvalue weighted by molar-refractivity contribution is 0.0770. The van der Waals surface area contributed by atoms with Crippen LogP contribution in [0.1, 0.15) is 10.4 Å². The van der Waals surface area contributed by atoms with Crippen LogP contribution in [-0.2, 0) is 0 Å². The van der Waals surface area contributed by atoms with Crippen molar-refractivity contribution in [2.45, 2.75) is 0 Å². The number of amides is 1. The Kier molecular flexibility index (Phi) is 5.65. The Morgan fingerprint density at radius 2 is 1.76 bits per heavy atom. The Morgan fingerprint density at radius 1 is 1.18 bits per heavy atom. The average Bonchev–Trinajstić information content (AvgIpc) is 2.31. The smallest absolute Gasteiger partial charge is 0.257 e. The second-order valence-electron chi connectivity index (χ2n) is 3.29. The number of benzene rings is 1. The number of carbonyl (C=O) groups is 1. The summed E-state index contributed by atoms with van der Waals surface area (Å²) >= 11 is 11.1. The van der Waals surface area contributed by atoms with Crippen molar-refractivity contribution in [1.29, 1.82) is 0 Å². The predicted octanol–water partition coefficient (Wildman–Crippen LogP) is 2.88. The molecule has 17 heavy (non-hydrogen) atoms. The highest BCUT2D eigenvalue weighted by atomic mass is 35.5. The molecule has 0 saturated carbocycles. The quantitative estimate of drug-likeness (QED) is 0.760. The summed E-state index contributed by atoms with van der Waals surface area (Å²) in [4.78, 5) is 13.2. The Bertz CT molecular complexity index is 395. The summed E-state index contributed by atoms with van der Waals surface area (Å²) in [6.45, 7) is 0.478. The summed E-state index contributed by atoms with van der Waals surface area (Å²) < 4.78 is 26.3. The molecule has 0 saturated heterocycles. The van der Waals surface area contributed by atoms with Gasteiger partial charge in [-0.1, -0.05) is 0 Å². The molecule has 1 rings (SSSR count). The van der Waals surface area contributed by atoms with E-state index in [2.05, 4.69) is 0 Å². The van der Waals surface area contributed by atoms with Gasteiger partial charge in [-0.2, -0.15) is 0 Å². The lowest BCUT2D eigenvalue weighted by Crippen LogP contribution is -2.35. The molecule has 6 heteroatoms. The third-order valence-corrected chi connectivity index (χ3v) is 2.49. The van der Waals surface area contributed by atoms with Crippen molar-refractivity contribution >= 4 is 29.1 Å². The summed E-state index contributed by atoms with van der Waals surface area (Å²) in [6, 6.07) is 2.74. The molecular formula is C11H11Cl2F2NO. The van der Waals surface area contributed by atoms with Gasteiger partial charge in [0.05, 0.1) is 5.56 Å². The molecule has 1 aromatic rings. The zero-order valence-electron chi connectivity index (χ0n) is 8.93. The first kappa shape index (κ1) is 14.2. The van der Waals surface area contributed by atoms with Crippen molar-refractivity contribution in [2.24, 2.45) is 0 Å². The van der Waals surface area contributed by atoms with Gasteiger partial charge in [-0.15, -0.1) is 23.2 Å². The topological polar surface area (TPSA) is 20.3 Å². The number of hydrogen-bond acceptors (Lipinski definition) is 1. The third kappa shape index (κ3) is 3.82. The SMILES string of the molecule is O=C(c1cc(F)ccc1F)N(CCCl)CCCl. The van der Waals surface area contributed by atoms with Crippen molar-refractivity contribution in [3.8, 4) is 0 Å². The summed E-state index contributed by atoms with van der Waals surface area (Å²) in [5.41, 5.74) is -0.305. The molecule has 0 unspecified atom stereocenters. The zero-order valence-corrected chi connectivity index (χ0v) is 10.4. The van der Waals surface area contributed by atoms with E-state index in [0.717, 1.165) is 18.2 Å². The number of halogens is 4. The van der Waals surface area contributed by atoms with E-state index in [-0.39, 0.29) is 30.4 Å². The number of hydrogen-bond donors (Lipinski definition) is 0. The molecule has 1 aromatic carbocycles. The largest absolute Gasteiger partial charge is 0.336 e. The standard InChI is InChI=1S/C11H11Cl2F2NO/c12-3-5-16(6-4-13)11(17)9-7-8(14)1-2-10(9)15/h1-2,7H,3-6H2. The van der Waals surface area contributed by atoms with Crippen LogP contribution in [0.3, 0.4) is 0 Å². The van der Waals surface area contributed by atoms with Crippen LogP contribution in [0.15, 0.2) is 18.2 Å². The van der Waals surface area contributed by atoms with Crippen LogP contribution in [0.25, 0.3) is 0 Å². The normalized spacial score (nSPS) is 10.4. The van der Waals surface area contributed by atoms with E-state index < -0.39 is 17.5 Å². The Labute approximate surface area is 108 Å². The van der Waals surface area contributed by atoms with Gasteiger partial charge in [0.25, 0.3) is 5.91 Å². The third-order valence-electron chi connectivity index (χ3n) is 2.15. The molecule has 94 valence electrons. The van der Waals surface area contributed by atoms with Crippen LogP contribution < -0.4 is 0 Å². The van der Waals surface area contributed by atoms with Gasteiger partial charge < -0.3 is 4.90 Å². The van der Waals surface area contributed by atoms with Gasteiger partial charge in [-0.05, 0) is 18.2 Å². The second-order valence-corrected chi connectivity index (χ2v) is 4.05. The Hall–Kier alpha value is -0.870. The summed E-state index contributed by atoms with van der Waals surface area (Å²) in [6.07, 6.45) is 0. The van der Waals surface area contributed by atoms with Crippen LogP contribution in [0.4, 0.5) is 8.78 Å². The highest BCUT2D eigenvalue weighted by Crippen LogP contribution is 2.12. The van der Waals surface area contributed by atoms with Crippen LogP contribution >= 0.6 is 23.2 Å². The van der Waals surface area contributed by atoms with E-state index >= 15 is 0 Å². The highest BCUT2D eigenvalue weighted by molar-refractivity contribution is 6.18. The fraction of sp³-hybridized carbons (Fsp3) is 0.364. The molecule has 2 nitrogen and oxygen atoms in total. The minimum atomic E-state index is -0.759. The Morgan fingerprint density at radius 3 is 2.29 bits per heavy atom. The second kappa shape index (κ2) is 6.77. The molecule has 0 atom stereocenters. The van der Waals surface area contributed by atoms with Gasteiger partial charge in [0.15, 0.2) is 0 Å². The number of rotatable bonds is 5. The van der Waals surface area contributed by atoms with Crippen molar-refractivity contribution in [2.75, 3.05) is 24.8 Å². The summed E-state index contributed by atoms with van der Waals surface area (Å²) in [7, 11) is 0. The maximum atomic E-state index is 13.4. The van der Waals surface area contributed by atoms with Crippen LogP contribution in [0.2, 0.25) is 0 Å². The molecule has 1 amide bonds. The monoisotopic (exact) mass is 281 g/mol. The summed E-state index contributed by atoms with van der Waals surface area (Å²) in [5, 5.41) is 0. The maximum Gasteiger partial charge on any atom is 0.257 e. The number of carbonyl (C=O) groups excluding carboxylic acids is 1. The molecule has 0 aliphatic carbocycles. The molecule has 0 radical (unpaired) electrons. The zero-order chi connectivity index (χ0) is 12.8. The minimum absolute atomic E-state index is 0.208. The lowest BCUT2D eigenvalue weighted by Gasteiger charge is -2.20. The number of nitrogens with zero attached hydrogens (tertiary/aromatic N) is 1. The van der Waals surface area contributed by atoms with Gasteiger partial charge in [-0.3, -0.25) is 4.79 Å². The molecule has 0 aliphatic heterocycles. The van der Waals surface area contributed by atoms with Gasteiger partial charge in [-0.25, -0.2) is 8.78 Å². The summed E-state index contributed by atoms with van der Waals surface area (Å²) in [5.74, 6) is -1.61. The fourth-order valence-corrected chi connectivity index (χ4v) is 1.76. The molecule has 0 spiro atoms. The van der Waals surface area contributed by atoms with Gasteiger partial charge in [0, 0.05) is 24.8 Å². The van der Waals surface area contributed by atoms with Crippen molar-refractivity contribution < 1.29 is 13.6 Å². The van der Waals surface area contributed by atoms with E-state index in [1.807, 2.05) is 0 Å². The molecule has 0 fully saturated rings. The average molecular weight is 282 g/mol. The Balaban J connectivity index is 2.95. The first-order valence-corrected chi connectivity index (χ1v) is 6.03. The maximum absolute atomic E-state index is 13.4. The first-order valence-electron chi connectivity index (χ1n) is 4.96.